The number of nitrogens with one attached hydrogen (secondary N) is 1. The van der Waals surface area contributed by atoms with E-state index in [1.54, 1.807) is 18.2 Å². The second-order valence-electron chi connectivity index (χ2n) is 4.47. The summed E-state index contributed by atoms with van der Waals surface area (Å²) in [6, 6.07) is 8.08. The Hall–Kier alpha value is -0.940. The largest absolute Gasteiger partial charge is 0.316 e. The van der Waals surface area contributed by atoms with E-state index < -0.39 is 21.3 Å². The third kappa shape index (κ3) is 3.04. The molecule has 0 saturated carbocycles. The smallest absolute Gasteiger partial charge is 0.181 e. The number of benzene rings is 1. The molecule has 0 unspecified atom stereocenters. The third-order valence-electron chi connectivity index (χ3n) is 3.05. The molecule has 5 heteroatoms. The van der Waals surface area contributed by atoms with Crippen LogP contribution in [0.5, 0.6) is 0 Å². The van der Waals surface area contributed by atoms with Gasteiger partial charge in [-0.05, 0) is 38.1 Å². The van der Waals surface area contributed by atoms with Crippen molar-refractivity contribution in [2.45, 2.75) is 23.4 Å². The number of sulfone groups is 1. The molecular formula is C12H16FNO2S. The summed E-state index contributed by atoms with van der Waals surface area (Å²) in [4.78, 5) is 0.204. The number of hydrogen-bond donors (Lipinski definition) is 1. The first kappa shape index (κ1) is 12.5. The summed E-state index contributed by atoms with van der Waals surface area (Å²) in [7, 11) is -3.52. The van der Waals surface area contributed by atoms with E-state index in [0.717, 1.165) is 0 Å². The molecule has 0 spiro atoms. The van der Waals surface area contributed by atoms with Gasteiger partial charge in [0.1, 0.15) is 5.67 Å². The Kier molecular flexibility index (Phi) is 3.49. The van der Waals surface area contributed by atoms with Crippen molar-refractivity contribution in [3.63, 3.8) is 0 Å². The van der Waals surface area contributed by atoms with Crippen molar-refractivity contribution in [3.8, 4) is 0 Å². The highest BCUT2D eigenvalue weighted by molar-refractivity contribution is 7.91. The van der Waals surface area contributed by atoms with Gasteiger partial charge in [-0.25, -0.2) is 12.8 Å². The molecule has 0 atom stereocenters. The fourth-order valence-electron chi connectivity index (χ4n) is 2.07. The van der Waals surface area contributed by atoms with Gasteiger partial charge in [0.15, 0.2) is 9.84 Å². The van der Waals surface area contributed by atoms with Crippen molar-refractivity contribution in [2.75, 3.05) is 18.8 Å². The molecule has 94 valence electrons. The fourth-order valence-corrected chi connectivity index (χ4v) is 3.78. The first-order valence-electron chi connectivity index (χ1n) is 5.69. The monoisotopic (exact) mass is 257 g/mol. The average Bonchev–Trinajstić information content (AvgIpc) is 2.30. The Balaban J connectivity index is 2.17. The molecule has 1 heterocycles. The number of piperidine rings is 1. The van der Waals surface area contributed by atoms with E-state index in [-0.39, 0.29) is 17.7 Å². The number of rotatable bonds is 3. The Morgan fingerprint density at radius 1 is 1.18 bits per heavy atom. The van der Waals surface area contributed by atoms with Crippen LogP contribution in [-0.4, -0.2) is 32.9 Å². The molecule has 0 aliphatic carbocycles. The molecule has 0 radical (unpaired) electrons. The minimum Gasteiger partial charge on any atom is -0.316 e. The summed E-state index contributed by atoms with van der Waals surface area (Å²) < 4.78 is 38.4. The van der Waals surface area contributed by atoms with Gasteiger partial charge in [0.2, 0.25) is 0 Å². The highest BCUT2D eigenvalue weighted by atomic mass is 32.2. The van der Waals surface area contributed by atoms with E-state index in [9.17, 15) is 12.8 Å². The minimum absolute atomic E-state index is 0.204. The van der Waals surface area contributed by atoms with Gasteiger partial charge in [-0.1, -0.05) is 18.2 Å². The molecule has 17 heavy (non-hydrogen) atoms. The molecule has 2 rings (SSSR count). The lowest BCUT2D eigenvalue weighted by molar-refractivity contribution is 0.142. The van der Waals surface area contributed by atoms with Crippen LogP contribution in [0.1, 0.15) is 12.8 Å². The van der Waals surface area contributed by atoms with Crippen molar-refractivity contribution in [2.24, 2.45) is 0 Å². The molecular weight excluding hydrogens is 241 g/mol. The van der Waals surface area contributed by atoms with E-state index in [2.05, 4.69) is 5.32 Å². The van der Waals surface area contributed by atoms with Gasteiger partial charge in [0.25, 0.3) is 0 Å². The van der Waals surface area contributed by atoms with E-state index in [4.69, 9.17) is 0 Å². The van der Waals surface area contributed by atoms with Gasteiger partial charge in [-0.2, -0.15) is 0 Å². The number of alkyl halides is 1. The molecule has 1 aliphatic rings. The molecule has 1 saturated heterocycles. The first-order chi connectivity index (χ1) is 8.02. The quantitative estimate of drug-likeness (QED) is 0.893. The summed E-state index contributed by atoms with van der Waals surface area (Å²) in [6.45, 7) is 1.08. The summed E-state index contributed by atoms with van der Waals surface area (Å²) in [5.41, 5.74) is -1.58. The fraction of sp³-hybridized carbons (Fsp3) is 0.500. The topological polar surface area (TPSA) is 46.2 Å². The van der Waals surface area contributed by atoms with E-state index in [1.807, 2.05) is 0 Å². The zero-order valence-corrected chi connectivity index (χ0v) is 10.3. The Morgan fingerprint density at radius 2 is 1.76 bits per heavy atom. The summed E-state index contributed by atoms with van der Waals surface area (Å²) in [6.07, 6.45) is 0.526. The predicted molar refractivity (Wildman–Crippen MR) is 64.4 cm³/mol. The van der Waals surface area contributed by atoms with E-state index in [0.29, 0.717) is 13.1 Å². The van der Waals surface area contributed by atoms with Crippen LogP contribution in [0.3, 0.4) is 0 Å². The molecule has 3 nitrogen and oxygen atoms in total. The summed E-state index contributed by atoms with van der Waals surface area (Å²) >= 11 is 0. The molecule has 0 aromatic heterocycles. The van der Waals surface area contributed by atoms with Gasteiger partial charge in [-0.3, -0.25) is 0 Å². The van der Waals surface area contributed by atoms with Crippen molar-refractivity contribution < 1.29 is 12.8 Å². The summed E-state index contributed by atoms with van der Waals surface area (Å²) in [5, 5.41) is 3.03. The second-order valence-corrected chi connectivity index (χ2v) is 6.46. The van der Waals surface area contributed by atoms with E-state index in [1.165, 1.54) is 12.1 Å². The van der Waals surface area contributed by atoms with Crippen LogP contribution >= 0.6 is 0 Å². The number of halogens is 1. The molecule has 1 aromatic rings. The minimum atomic E-state index is -3.52. The van der Waals surface area contributed by atoms with Crippen LogP contribution in [0.2, 0.25) is 0 Å². The molecule has 1 N–H and O–H groups in total. The van der Waals surface area contributed by atoms with Crippen molar-refractivity contribution in [3.05, 3.63) is 30.3 Å². The van der Waals surface area contributed by atoms with Crippen LogP contribution in [0.25, 0.3) is 0 Å². The number of hydrogen-bond acceptors (Lipinski definition) is 3. The van der Waals surface area contributed by atoms with Gasteiger partial charge >= 0.3 is 0 Å². The lowest BCUT2D eigenvalue weighted by atomic mass is 9.97. The highest BCUT2D eigenvalue weighted by Crippen LogP contribution is 2.27. The van der Waals surface area contributed by atoms with Crippen molar-refractivity contribution in [1.29, 1.82) is 0 Å². The SMILES string of the molecule is O=S(=O)(CC1(F)CCNCC1)c1ccccc1. The van der Waals surface area contributed by atoms with E-state index >= 15 is 0 Å². The van der Waals surface area contributed by atoms with Crippen molar-refractivity contribution in [1.82, 2.24) is 5.32 Å². The maximum absolute atomic E-state index is 14.3. The lowest BCUT2D eigenvalue weighted by Crippen LogP contribution is -2.43. The van der Waals surface area contributed by atoms with Crippen LogP contribution in [0.4, 0.5) is 4.39 Å². The normalized spacial score (nSPS) is 20.1. The van der Waals surface area contributed by atoms with Gasteiger partial charge in [0.05, 0.1) is 10.6 Å². The standard InChI is InChI=1S/C12H16FNO2S/c13-12(6-8-14-9-7-12)10-17(15,16)11-4-2-1-3-5-11/h1-5,14H,6-10H2. The van der Waals surface area contributed by atoms with Gasteiger partial charge < -0.3 is 5.32 Å². The van der Waals surface area contributed by atoms with Crippen molar-refractivity contribution >= 4 is 9.84 Å². The Morgan fingerprint density at radius 3 is 2.35 bits per heavy atom. The zero-order chi connectivity index (χ0) is 12.4. The predicted octanol–water partition coefficient (Wildman–Crippen LogP) is 1.55. The first-order valence-corrected chi connectivity index (χ1v) is 7.35. The maximum atomic E-state index is 14.3. The molecule has 0 amide bonds. The molecule has 1 aromatic carbocycles. The van der Waals surface area contributed by atoms with Crippen LogP contribution in [0, 0.1) is 0 Å². The van der Waals surface area contributed by atoms with Crippen LogP contribution in [0.15, 0.2) is 35.2 Å². The molecule has 1 fully saturated rings. The lowest BCUT2D eigenvalue weighted by Gasteiger charge is -2.29. The van der Waals surface area contributed by atoms with Crippen LogP contribution < -0.4 is 5.32 Å². The third-order valence-corrected chi connectivity index (χ3v) is 4.94. The summed E-state index contributed by atoms with van der Waals surface area (Å²) in [5.74, 6) is -0.411. The Bertz CT molecular complexity index is 467. The highest BCUT2D eigenvalue weighted by Gasteiger charge is 2.37. The van der Waals surface area contributed by atoms with Gasteiger partial charge in [0, 0.05) is 0 Å². The zero-order valence-electron chi connectivity index (χ0n) is 9.52. The Labute approximate surface area is 101 Å². The molecule has 0 bridgehead atoms. The second kappa shape index (κ2) is 4.74. The maximum Gasteiger partial charge on any atom is 0.181 e. The molecule has 1 aliphatic heterocycles. The van der Waals surface area contributed by atoms with Gasteiger partial charge in [-0.15, -0.1) is 0 Å². The van der Waals surface area contributed by atoms with Crippen LogP contribution in [-0.2, 0) is 9.84 Å². The average molecular weight is 257 g/mol.